The number of aliphatic hydroxyl groups is 1. The van der Waals surface area contributed by atoms with Gasteiger partial charge in [-0.3, -0.25) is 0 Å². The van der Waals surface area contributed by atoms with Gasteiger partial charge in [0.1, 0.15) is 12.3 Å². The van der Waals surface area contributed by atoms with Gasteiger partial charge in [0, 0.05) is 12.6 Å². The van der Waals surface area contributed by atoms with Crippen LogP contribution in [0.3, 0.4) is 0 Å². The highest BCUT2D eigenvalue weighted by Crippen LogP contribution is 2.24. The first kappa shape index (κ1) is 22.4. The van der Waals surface area contributed by atoms with E-state index in [1.165, 1.54) is 6.20 Å². The van der Waals surface area contributed by atoms with E-state index in [2.05, 4.69) is 32.5 Å². The molecule has 0 amide bonds. The van der Waals surface area contributed by atoms with E-state index in [1.54, 1.807) is 4.68 Å². The lowest BCUT2D eigenvalue weighted by molar-refractivity contribution is 0.275. The molecule has 10 heteroatoms. The predicted molar refractivity (Wildman–Crippen MR) is 117 cm³/mol. The first-order valence-corrected chi connectivity index (χ1v) is 9.29. The Morgan fingerprint density at radius 2 is 2.03 bits per heavy atom. The Kier molecular flexibility index (Phi) is 8.68. The molecule has 1 aromatic carbocycles. The molecular formula is C19H27N7O2S. The number of ether oxygens (including phenoxy) is 1. The van der Waals surface area contributed by atoms with Gasteiger partial charge in [0.25, 0.3) is 0 Å². The number of hydrogen-bond acceptors (Lipinski definition) is 8. The maximum atomic E-state index is 9.27. The van der Waals surface area contributed by atoms with Gasteiger partial charge in [-0.15, -0.1) is 5.10 Å². The third-order valence-electron chi connectivity index (χ3n) is 4.17. The fraction of sp³-hybridized carbons (Fsp3) is 0.368. The molecule has 0 spiro atoms. The molecule has 2 heterocycles. The number of nitrogen functional groups attached to an aromatic ring is 1. The molecule has 0 aliphatic carbocycles. The maximum absolute atomic E-state index is 9.27. The van der Waals surface area contributed by atoms with Crippen molar-refractivity contribution in [2.75, 3.05) is 17.7 Å². The minimum Gasteiger partial charge on any atom is -0.482 e. The van der Waals surface area contributed by atoms with Crippen LogP contribution in [0.15, 0.2) is 42.7 Å². The van der Waals surface area contributed by atoms with Crippen LogP contribution in [0.25, 0.3) is 5.69 Å². The van der Waals surface area contributed by atoms with E-state index in [9.17, 15) is 5.11 Å². The molecule has 0 aliphatic rings. The van der Waals surface area contributed by atoms with Gasteiger partial charge in [-0.25, -0.2) is 9.67 Å². The number of hydrogen-bond donors (Lipinski definition) is 3. The van der Waals surface area contributed by atoms with Gasteiger partial charge in [-0.05, 0) is 25.0 Å². The second kappa shape index (κ2) is 11.2. The van der Waals surface area contributed by atoms with Crippen molar-refractivity contribution in [2.45, 2.75) is 38.8 Å². The molecular weight excluding hydrogens is 390 g/mol. The summed E-state index contributed by atoms with van der Waals surface area (Å²) < 4.78 is 7.55. The third-order valence-corrected chi connectivity index (χ3v) is 4.17. The van der Waals surface area contributed by atoms with Crippen LogP contribution in [0.1, 0.15) is 31.9 Å². The quantitative estimate of drug-likeness (QED) is 0.459. The number of nitrogens with zero attached hydrogens (tertiary/aromatic N) is 5. The van der Waals surface area contributed by atoms with E-state index in [1.807, 2.05) is 36.5 Å². The molecule has 9 nitrogen and oxygen atoms in total. The smallest absolute Gasteiger partial charge is 0.222 e. The molecule has 0 aliphatic heterocycles. The first-order valence-electron chi connectivity index (χ1n) is 9.29. The van der Waals surface area contributed by atoms with Crippen LogP contribution in [0.2, 0.25) is 0 Å². The van der Waals surface area contributed by atoms with E-state index in [-0.39, 0.29) is 38.7 Å². The zero-order valence-electron chi connectivity index (χ0n) is 16.3. The molecule has 0 saturated heterocycles. The zero-order chi connectivity index (χ0) is 19.8. The fourth-order valence-corrected chi connectivity index (χ4v) is 2.80. The van der Waals surface area contributed by atoms with Gasteiger partial charge in [0.05, 0.1) is 18.1 Å². The van der Waals surface area contributed by atoms with Crippen LogP contribution >= 0.6 is 13.5 Å². The highest BCUT2D eigenvalue weighted by molar-refractivity contribution is 7.59. The van der Waals surface area contributed by atoms with Gasteiger partial charge in [-0.2, -0.15) is 18.5 Å². The fourth-order valence-electron chi connectivity index (χ4n) is 2.80. The third kappa shape index (κ3) is 6.33. The molecule has 2 aromatic heterocycles. The molecule has 3 rings (SSSR count). The second-order valence-corrected chi connectivity index (χ2v) is 6.36. The van der Waals surface area contributed by atoms with Gasteiger partial charge in [-0.1, -0.05) is 36.8 Å². The van der Waals surface area contributed by atoms with Crippen LogP contribution in [0, 0.1) is 0 Å². The monoisotopic (exact) mass is 417 g/mol. The van der Waals surface area contributed by atoms with Crippen molar-refractivity contribution in [1.82, 2.24) is 25.0 Å². The Morgan fingerprint density at radius 1 is 1.24 bits per heavy atom. The minimum atomic E-state index is 0. The standard InChI is InChI=1S/C19H25N7O2.H2S/c1-2-6-14(9-10-27)22-18-17(11-21-19(20)23-18)28-13-15-12-26(25-24-15)16-7-4-3-5-8-16;/h3-5,7-8,11-12,14,27H,2,6,9-10,13H2,1H3,(H3,20,21,22,23);1H2/t14-;/m0./s1. The molecule has 1 atom stereocenters. The number of benzene rings is 1. The van der Waals surface area contributed by atoms with Crippen molar-refractivity contribution in [1.29, 1.82) is 0 Å². The van der Waals surface area contributed by atoms with E-state index >= 15 is 0 Å². The van der Waals surface area contributed by atoms with Gasteiger partial charge >= 0.3 is 0 Å². The van der Waals surface area contributed by atoms with Crippen molar-refractivity contribution >= 4 is 25.3 Å². The summed E-state index contributed by atoms with van der Waals surface area (Å²) in [6.45, 7) is 2.40. The predicted octanol–water partition coefficient (Wildman–Crippen LogP) is 2.29. The molecule has 0 bridgehead atoms. The summed E-state index contributed by atoms with van der Waals surface area (Å²) in [6, 6.07) is 9.80. The average Bonchev–Trinajstić information content (AvgIpc) is 3.18. The lowest BCUT2D eigenvalue weighted by atomic mass is 10.1. The molecule has 4 N–H and O–H groups in total. The van der Waals surface area contributed by atoms with Crippen LogP contribution in [0.4, 0.5) is 11.8 Å². The van der Waals surface area contributed by atoms with Crippen LogP contribution in [-0.2, 0) is 6.61 Å². The zero-order valence-corrected chi connectivity index (χ0v) is 17.3. The summed E-state index contributed by atoms with van der Waals surface area (Å²) in [5.41, 5.74) is 7.33. The summed E-state index contributed by atoms with van der Waals surface area (Å²) in [5.74, 6) is 1.14. The molecule has 3 aromatic rings. The SMILES string of the molecule is CCC[C@@H](CCO)Nc1nc(N)ncc1OCc1cn(-c2ccccc2)nn1.S. The lowest BCUT2D eigenvalue weighted by Gasteiger charge is -2.19. The Balaban J connectivity index is 0.00000300. The number of para-hydroxylation sites is 1. The second-order valence-electron chi connectivity index (χ2n) is 6.36. The largest absolute Gasteiger partial charge is 0.482 e. The van der Waals surface area contributed by atoms with E-state index < -0.39 is 0 Å². The van der Waals surface area contributed by atoms with E-state index in [4.69, 9.17) is 10.5 Å². The lowest BCUT2D eigenvalue weighted by Crippen LogP contribution is -2.22. The van der Waals surface area contributed by atoms with Crippen molar-refractivity contribution in [2.24, 2.45) is 0 Å². The Bertz CT molecular complexity index is 870. The van der Waals surface area contributed by atoms with Crippen LogP contribution < -0.4 is 15.8 Å². The number of nitrogens with one attached hydrogen (secondary N) is 1. The maximum Gasteiger partial charge on any atom is 0.222 e. The van der Waals surface area contributed by atoms with E-state index in [0.29, 0.717) is 23.7 Å². The molecule has 0 saturated carbocycles. The highest BCUT2D eigenvalue weighted by Gasteiger charge is 2.14. The molecule has 0 fully saturated rings. The van der Waals surface area contributed by atoms with Crippen LogP contribution in [0.5, 0.6) is 5.75 Å². The van der Waals surface area contributed by atoms with Crippen molar-refractivity contribution in [3.05, 3.63) is 48.4 Å². The molecule has 0 unspecified atom stereocenters. The molecule has 29 heavy (non-hydrogen) atoms. The molecule has 156 valence electrons. The average molecular weight is 418 g/mol. The first-order chi connectivity index (χ1) is 13.7. The number of aromatic nitrogens is 5. The van der Waals surface area contributed by atoms with E-state index in [0.717, 1.165) is 18.5 Å². The highest BCUT2D eigenvalue weighted by atomic mass is 32.1. The van der Waals surface area contributed by atoms with Gasteiger partial charge in [0.15, 0.2) is 11.6 Å². The van der Waals surface area contributed by atoms with Crippen molar-refractivity contribution in [3.63, 3.8) is 0 Å². The summed E-state index contributed by atoms with van der Waals surface area (Å²) in [4.78, 5) is 8.27. The van der Waals surface area contributed by atoms with Crippen molar-refractivity contribution < 1.29 is 9.84 Å². The number of aliphatic hydroxyl groups excluding tert-OH is 1. The Hall–Kier alpha value is -2.85. The van der Waals surface area contributed by atoms with Gasteiger partial charge in [0.2, 0.25) is 5.95 Å². The van der Waals surface area contributed by atoms with Crippen molar-refractivity contribution in [3.8, 4) is 11.4 Å². The summed E-state index contributed by atoms with van der Waals surface area (Å²) in [7, 11) is 0. The number of nitrogens with two attached hydrogens (primary N) is 1. The Morgan fingerprint density at radius 3 is 2.76 bits per heavy atom. The normalized spacial score (nSPS) is 11.5. The van der Waals surface area contributed by atoms with Crippen LogP contribution in [-0.4, -0.2) is 42.7 Å². The molecule has 0 radical (unpaired) electrons. The Labute approximate surface area is 176 Å². The summed E-state index contributed by atoms with van der Waals surface area (Å²) >= 11 is 0. The summed E-state index contributed by atoms with van der Waals surface area (Å²) in [5, 5.41) is 20.8. The topological polar surface area (TPSA) is 124 Å². The summed E-state index contributed by atoms with van der Waals surface area (Å²) in [6.07, 6.45) is 5.84. The minimum absolute atomic E-state index is 0. The number of rotatable bonds is 10. The number of anilines is 2. The van der Waals surface area contributed by atoms with Gasteiger partial charge < -0.3 is 20.9 Å².